The number of anilines is 1. The Balaban J connectivity index is 1.60. The summed E-state index contributed by atoms with van der Waals surface area (Å²) in [7, 11) is 0. The highest BCUT2D eigenvalue weighted by Crippen LogP contribution is 2.34. The summed E-state index contributed by atoms with van der Waals surface area (Å²) in [4.78, 5) is 9.55. The van der Waals surface area contributed by atoms with Crippen LogP contribution >= 0.6 is 0 Å². The van der Waals surface area contributed by atoms with E-state index in [1.807, 2.05) is 50.2 Å². The van der Waals surface area contributed by atoms with Crippen molar-refractivity contribution in [2.75, 3.05) is 18.4 Å². The molecule has 2 atom stereocenters. The van der Waals surface area contributed by atoms with Crippen molar-refractivity contribution in [1.29, 1.82) is 0 Å². The fourth-order valence-electron chi connectivity index (χ4n) is 4.36. The topological polar surface area (TPSA) is 119 Å². The van der Waals surface area contributed by atoms with E-state index in [2.05, 4.69) is 20.8 Å². The van der Waals surface area contributed by atoms with Gasteiger partial charge in [0.05, 0.1) is 22.9 Å². The van der Waals surface area contributed by atoms with Gasteiger partial charge in [0.15, 0.2) is 5.82 Å². The molecule has 164 valence electrons. The van der Waals surface area contributed by atoms with Gasteiger partial charge in [-0.25, -0.2) is 9.97 Å². The molecule has 4 aromatic rings. The first-order chi connectivity index (χ1) is 15.4. The zero-order chi connectivity index (χ0) is 22.3. The maximum atomic E-state index is 10.6. The first-order valence-electron chi connectivity index (χ1n) is 10.7. The number of phenols is 1. The molecule has 0 saturated carbocycles. The molecular weight excluding hydrogens is 404 g/mol. The summed E-state index contributed by atoms with van der Waals surface area (Å²) in [6.07, 6.45) is 3.53. The number of fused-ring (bicyclic) bond motifs is 1. The Bertz CT molecular complexity index is 1250. The van der Waals surface area contributed by atoms with Crippen molar-refractivity contribution in [3.63, 3.8) is 0 Å². The molecule has 32 heavy (non-hydrogen) atoms. The Hall–Kier alpha value is -3.49. The standard InChI is InChI=1S/C24H26N6O2/c1-24(2,32)18-12-25-13-20(18)29-22-16-5-3-4-6-19(16)28-23(30-22)17-9-14(7-8-21(17)31)15-10-26-27-11-15/h3-11,18,20,25,31-32H,12-13H2,1-2H3,(H,26,27)(H,28,29,30)/t18-,20+/m0/s1. The summed E-state index contributed by atoms with van der Waals surface area (Å²) in [6.45, 7) is 5.12. The van der Waals surface area contributed by atoms with Gasteiger partial charge in [0, 0.05) is 42.2 Å². The second-order valence-corrected chi connectivity index (χ2v) is 8.80. The molecular formula is C24H26N6O2. The molecule has 2 aromatic heterocycles. The number of nitrogens with zero attached hydrogens (tertiary/aromatic N) is 3. The van der Waals surface area contributed by atoms with Gasteiger partial charge in [-0.1, -0.05) is 18.2 Å². The molecule has 0 spiro atoms. The van der Waals surface area contributed by atoms with Gasteiger partial charge >= 0.3 is 0 Å². The molecule has 1 aliphatic rings. The van der Waals surface area contributed by atoms with Crippen LogP contribution in [0.15, 0.2) is 54.9 Å². The van der Waals surface area contributed by atoms with E-state index in [-0.39, 0.29) is 17.7 Å². The van der Waals surface area contributed by atoms with Crippen LogP contribution in [0.3, 0.4) is 0 Å². The summed E-state index contributed by atoms with van der Waals surface area (Å²) in [5.74, 6) is 1.24. The highest BCUT2D eigenvalue weighted by Gasteiger charge is 2.38. The molecule has 2 aromatic carbocycles. The summed E-state index contributed by atoms with van der Waals surface area (Å²) < 4.78 is 0. The van der Waals surface area contributed by atoms with Crippen molar-refractivity contribution in [3.05, 3.63) is 54.9 Å². The van der Waals surface area contributed by atoms with Crippen molar-refractivity contribution in [2.24, 2.45) is 5.92 Å². The van der Waals surface area contributed by atoms with E-state index in [1.54, 1.807) is 18.5 Å². The number of para-hydroxylation sites is 1. The summed E-state index contributed by atoms with van der Waals surface area (Å²) in [6, 6.07) is 13.1. The average Bonchev–Trinajstić information content (AvgIpc) is 3.46. The van der Waals surface area contributed by atoms with Crippen LogP contribution in [0.1, 0.15) is 13.8 Å². The number of rotatable bonds is 5. The monoisotopic (exact) mass is 430 g/mol. The minimum atomic E-state index is -0.829. The molecule has 1 fully saturated rings. The number of nitrogens with one attached hydrogen (secondary N) is 3. The second-order valence-electron chi connectivity index (χ2n) is 8.80. The molecule has 8 heteroatoms. The molecule has 0 bridgehead atoms. The maximum Gasteiger partial charge on any atom is 0.165 e. The lowest BCUT2D eigenvalue weighted by Crippen LogP contribution is -2.42. The smallest absolute Gasteiger partial charge is 0.165 e. The largest absolute Gasteiger partial charge is 0.507 e. The Morgan fingerprint density at radius 1 is 1.06 bits per heavy atom. The van der Waals surface area contributed by atoms with Gasteiger partial charge in [0.1, 0.15) is 11.6 Å². The minimum absolute atomic E-state index is 0.00650. The van der Waals surface area contributed by atoms with Gasteiger partial charge in [-0.05, 0) is 43.7 Å². The lowest BCUT2D eigenvalue weighted by Gasteiger charge is -2.31. The van der Waals surface area contributed by atoms with Crippen molar-refractivity contribution in [3.8, 4) is 28.3 Å². The molecule has 3 heterocycles. The number of aromatic amines is 1. The van der Waals surface area contributed by atoms with Gasteiger partial charge < -0.3 is 20.8 Å². The van der Waals surface area contributed by atoms with E-state index in [4.69, 9.17) is 9.97 Å². The third kappa shape index (κ3) is 3.79. The number of H-pyrrole nitrogens is 1. The Kier molecular flexibility index (Phi) is 5.03. The highest BCUT2D eigenvalue weighted by molar-refractivity contribution is 5.91. The lowest BCUT2D eigenvalue weighted by molar-refractivity contribution is 0.0219. The Morgan fingerprint density at radius 2 is 1.91 bits per heavy atom. The summed E-state index contributed by atoms with van der Waals surface area (Å²) in [5.41, 5.74) is 2.31. The molecule has 1 saturated heterocycles. The first kappa shape index (κ1) is 20.4. The number of hydrogen-bond acceptors (Lipinski definition) is 7. The number of benzene rings is 2. The molecule has 0 aliphatic carbocycles. The second kappa shape index (κ2) is 7.89. The zero-order valence-corrected chi connectivity index (χ0v) is 18.0. The Morgan fingerprint density at radius 3 is 2.69 bits per heavy atom. The van der Waals surface area contributed by atoms with Gasteiger partial charge in [-0.3, -0.25) is 5.10 Å². The van der Waals surface area contributed by atoms with Crippen molar-refractivity contribution in [1.82, 2.24) is 25.5 Å². The van der Waals surface area contributed by atoms with E-state index >= 15 is 0 Å². The van der Waals surface area contributed by atoms with Crippen molar-refractivity contribution in [2.45, 2.75) is 25.5 Å². The zero-order valence-electron chi connectivity index (χ0n) is 18.0. The number of aliphatic hydroxyl groups is 1. The van der Waals surface area contributed by atoms with Crippen molar-refractivity contribution < 1.29 is 10.2 Å². The van der Waals surface area contributed by atoms with E-state index in [1.165, 1.54) is 0 Å². The molecule has 0 radical (unpaired) electrons. The number of hydrogen-bond donors (Lipinski definition) is 5. The quantitative estimate of drug-likeness (QED) is 0.330. The van der Waals surface area contributed by atoms with Crippen LogP contribution in [0.25, 0.3) is 33.4 Å². The molecule has 8 nitrogen and oxygen atoms in total. The predicted octanol–water partition coefficient (Wildman–Crippen LogP) is 3.16. The van der Waals surface area contributed by atoms with E-state index < -0.39 is 5.60 Å². The van der Waals surface area contributed by atoms with E-state index in [0.717, 1.165) is 35.1 Å². The number of aromatic hydroxyl groups is 1. The number of phenolic OH excluding ortho intramolecular Hbond substituents is 1. The first-order valence-corrected chi connectivity index (χ1v) is 10.7. The van der Waals surface area contributed by atoms with Gasteiger partial charge in [-0.15, -0.1) is 0 Å². The molecule has 1 aliphatic heterocycles. The van der Waals surface area contributed by atoms with Crippen LogP contribution in [0, 0.1) is 5.92 Å². The third-order valence-electron chi connectivity index (χ3n) is 6.12. The number of aromatic nitrogens is 4. The summed E-state index contributed by atoms with van der Waals surface area (Å²) >= 11 is 0. The van der Waals surface area contributed by atoms with Crippen LogP contribution in [-0.4, -0.2) is 55.1 Å². The lowest BCUT2D eigenvalue weighted by atomic mass is 9.87. The Labute approximate surface area is 185 Å². The molecule has 0 unspecified atom stereocenters. The van der Waals surface area contributed by atoms with Gasteiger partial charge in [0.25, 0.3) is 0 Å². The minimum Gasteiger partial charge on any atom is -0.507 e. The molecule has 5 rings (SSSR count). The van der Waals surface area contributed by atoms with Crippen LogP contribution in [0.4, 0.5) is 5.82 Å². The van der Waals surface area contributed by atoms with Crippen molar-refractivity contribution >= 4 is 16.7 Å². The normalized spacial score (nSPS) is 18.8. The van der Waals surface area contributed by atoms with Crippen LogP contribution in [0.5, 0.6) is 5.75 Å². The van der Waals surface area contributed by atoms with E-state index in [0.29, 0.717) is 17.2 Å². The average molecular weight is 431 g/mol. The predicted molar refractivity (Wildman–Crippen MR) is 124 cm³/mol. The molecule has 0 amide bonds. The maximum absolute atomic E-state index is 10.6. The fraction of sp³-hybridized carbons (Fsp3) is 0.292. The summed E-state index contributed by atoms with van der Waals surface area (Å²) in [5, 5.41) is 35.8. The van der Waals surface area contributed by atoms with Crippen LogP contribution in [0.2, 0.25) is 0 Å². The van der Waals surface area contributed by atoms with E-state index in [9.17, 15) is 10.2 Å². The highest BCUT2D eigenvalue weighted by atomic mass is 16.3. The molecule has 5 N–H and O–H groups in total. The van der Waals surface area contributed by atoms with Crippen LogP contribution < -0.4 is 10.6 Å². The van der Waals surface area contributed by atoms with Gasteiger partial charge in [0.2, 0.25) is 0 Å². The third-order valence-corrected chi connectivity index (χ3v) is 6.12. The van der Waals surface area contributed by atoms with Gasteiger partial charge in [-0.2, -0.15) is 5.10 Å². The fourth-order valence-corrected chi connectivity index (χ4v) is 4.36. The van der Waals surface area contributed by atoms with Crippen LogP contribution in [-0.2, 0) is 0 Å². The SMILES string of the molecule is CC(C)(O)[C@H]1CNC[C@H]1Nc1nc(-c2cc(-c3cn[nH]c3)ccc2O)nc2ccccc12.